The van der Waals surface area contributed by atoms with Crippen LogP contribution in [0.25, 0.3) is 0 Å². The van der Waals surface area contributed by atoms with Gasteiger partial charge in [0.1, 0.15) is 5.82 Å². The molecule has 126 valence electrons. The monoisotopic (exact) mass is 329 g/mol. The van der Waals surface area contributed by atoms with E-state index < -0.39 is 5.82 Å². The van der Waals surface area contributed by atoms with Gasteiger partial charge in [0.05, 0.1) is 12.1 Å². The summed E-state index contributed by atoms with van der Waals surface area (Å²) >= 11 is 0. The maximum atomic E-state index is 13.9. The third-order valence-corrected chi connectivity index (χ3v) is 3.24. The van der Waals surface area contributed by atoms with E-state index in [1.165, 1.54) is 18.2 Å². The van der Waals surface area contributed by atoms with E-state index in [4.69, 9.17) is 0 Å². The fraction of sp³-hybridized carbons (Fsp3) is 0.222. The number of urea groups is 1. The topological polar surface area (TPSA) is 70.2 Å². The SMILES string of the molecule is CCCNC(=O)Nc1ccc(F)c(NC(=O)Cc2ccccc2)c1. The third kappa shape index (κ3) is 5.39. The van der Waals surface area contributed by atoms with Crippen LogP contribution in [0.15, 0.2) is 48.5 Å². The van der Waals surface area contributed by atoms with Gasteiger partial charge in [-0.2, -0.15) is 0 Å². The summed E-state index contributed by atoms with van der Waals surface area (Å²) in [5.41, 5.74) is 1.27. The van der Waals surface area contributed by atoms with Crippen LogP contribution in [0.5, 0.6) is 0 Å². The molecular formula is C18H20FN3O2. The molecule has 0 unspecified atom stereocenters. The first-order valence-corrected chi connectivity index (χ1v) is 7.76. The Morgan fingerprint density at radius 1 is 1.04 bits per heavy atom. The molecule has 0 aliphatic carbocycles. The Morgan fingerprint density at radius 3 is 2.50 bits per heavy atom. The molecule has 0 radical (unpaired) electrons. The van der Waals surface area contributed by atoms with Gasteiger partial charge in [-0.05, 0) is 30.2 Å². The Hall–Kier alpha value is -2.89. The van der Waals surface area contributed by atoms with Gasteiger partial charge < -0.3 is 16.0 Å². The summed E-state index contributed by atoms with van der Waals surface area (Å²) in [5.74, 6) is -0.886. The lowest BCUT2D eigenvalue weighted by atomic mass is 10.1. The quantitative estimate of drug-likeness (QED) is 0.758. The van der Waals surface area contributed by atoms with E-state index in [1.807, 2.05) is 37.3 Å². The molecule has 0 aliphatic heterocycles. The van der Waals surface area contributed by atoms with Crippen LogP contribution in [-0.2, 0) is 11.2 Å². The molecule has 2 aromatic rings. The molecule has 0 aromatic heterocycles. The second kappa shape index (κ2) is 8.67. The molecule has 3 amide bonds. The lowest BCUT2D eigenvalue weighted by Crippen LogP contribution is -2.29. The average Bonchev–Trinajstić information content (AvgIpc) is 2.57. The van der Waals surface area contributed by atoms with Gasteiger partial charge >= 0.3 is 6.03 Å². The predicted octanol–water partition coefficient (Wildman–Crippen LogP) is 3.54. The highest BCUT2D eigenvalue weighted by atomic mass is 19.1. The van der Waals surface area contributed by atoms with Crippen LogP contribution >= 0.6 is 0 Å². The summed E-state index contributed by atoms with van der Waals surface area (Å²) in [6.45, 7) is 2.49. The molecule has 6 heteroatoms. The number of hydrogen-bond acceptors (Lipinski definition) is 2. The zero-order valence-electron chi connectivity index (χ0n) is 13.4. The van der Waals surface area contributed by atoms with E-state index in [-0.39, 0.29) is 24.0 Å². The van der Waals surface area contributed by atoms with E-state index >= 15 is 0 Å². The van der Waals surface area contributed by atoms with Crippen LogP contribution in [-0.4, -0.2) is 18.5 Å². The first-order chi connectivity index (χ1) is 11.6. The number of carbonyl (C=O) groups is 2. The van der Waals surface area contributed by atoms with Crippen LogP contribution in [0.3, 0.4) is 0 Å². The number of hydrogen-bond donors (Lipinski definition) is 3. The van der Waals surface area contributed by atoms with E-state index in [0.29, 0.717) is 12.2 Å². The molecule has 0 aliphatic rings. The average molecular weight is 329 g/mol. The second-order valence-corrected chi connectivity index (χ2v) is 5.29. The second-order valence-electron chi connectivity index (χ2n) is 5.29. The molecular weight excluding hydrogens is 309 g/mol. The minimum atomic E-state index is -0.559. The van der Waals surface area contributed by atoms with Gasteiger partial charge in [-0.3, -0.25) is 4.79 Å². The molecule has 0 fully saturated rings. The van der Waals surface area contributed by atoms with E-state index in [9.17, 15) is 14.0 Å². The summed E-state index contributed by atoms with van der Waals surface area (Å²) in [4.78, 5) is 23.7. The number of benzene rings is 2. The van der Waals surface area contributed by atoms with Gasteiger partial charge in [-0.25, -0.2) is 9.18 Å². The van der Waals surface area contributed by atoms with E-state index in [0.717, 1.165) is 12.0 Å². The van der Waals surface area contributed by atoms with Crippen molar-refractivity contribution in [2.45, 2.75) is 19.8 Å². The van der Waals surface area contributed by atoms with Gasteiger partial charge in [0.2, 0.25) is 5.91 Å². The summed E-state index contributed by atoms with van der Waals surface area (Å²) in [6.07, 6.45) is 0.965. The van der Waals surface area contributed by atoms with Crippen molar-refractivity contribution < 1.29 is 14.0 Å². The maximum Gasteiger partial charge on any atom is 0.319 e. The lowest BCUT2D eigenvalue weighted by Gasteiger charge is -2.10. The summed E-state index contributed by atoms with van der Waals surface area (Å²) in [5, 5.41) is 7.79. The number of amides is 3. The van der Waals surface area contributed by atoms with Crippen LogP contribution < -0.4 is 16.0 Å². The number of carbonyl (C=O) groups excluding carboxylic acids is 2. The van der Waals surface area contributed by atoms with Crippen LogP contribution in [0.1, 0.15) is 18.9 Å². The first kappa shape index (κ1) is 17.5. The molecule has 0 saturated carbocycles. The van der Waals surface area contributed by atoms with Crippen molar-refractivity contribution in [3.63, 3.8) is 0 Å². The van der Waals surface area contributed by atoms with Crippen LogP contribution in [0, 0.1) is 5.82 Å². The van der Waals surface area contributed by atoms with Crippen LogP contribution in [0.2, 0.25) is 0 Å². The van der Waals surface area contributed by atoms with Crippen molar-refractivity contribution >= 4 is 23.3 Å². The van der Waals surface area contributed by atoms with Gasteiger partial charge in [0.25, 0.3) is 0 Å². The van der Waals surface area contributed by atoms with Crippen LogP contribution in [0.4, 0.5) is 20.6 Å². The fourth-order valence-corrected chi connectivity index (χ4v) is 2.09. The number of anilines is 2. The Bertz CT molecular complexity index is 705. The molecule has 0 atom stereocenters. The van der Waals surface area contributed by atoms with Gasteiger partial charge in [0, 0.05) is 12.2 Å². The fourth-order valence-electron chi connectivity index (χ4n) is 2.09. The van der Waals surface area contributed by atoms with Crippen molar-refractivity contribution in [1.82, 2.24) is 5.32 Å². The molecule has 2 aromatic carbocycles. The molecule has 0 saturated heterocycles. The Labute approximate surface area is 140 Å². The van der Waals surface area contributed by atoms with Crippen molar-refractivity contribution in [2.24, 2.45) is 0 Å². The zero-order valence-corrected chi connectivity index (χ0v) is 13.4. The van der Waals surface area contributed by atoms with E-state index in [1.54, 1.807) is 0 Å². The Balaban J connectivity index is 2.00. The molecule has 5 nitrogen and oxygen atoms in total. The van der Waals surface area contributed by atoms with Crippen molar-refractivity contribution in [3.05, 3.63) is 59.9 Å². The van der Waals surface area contributed by atoms with Crippen molar-refractivity contribution in [3.8, 4) is 0 Å². The highest BCUT2D eigenvalue weighted by Gasteiger charge is 2.10. The Kier molecular flexibility index (Phi) is 6.31. The maximum absolute atomic E-state index is 13.9. The molecule has 0 heterocycles. The number of nitrogens with one attached hydrogen (secondary N) is 3. The lowest BCUT2D eigenvalue weighted by molar-refractivity contribution is -0.115. The summed E-state index contributed by atoms with van der Waals surface area (Å²) in [7, 11) is 0. The molecule has 0 bridgehead atoms. The minimum absolute atomic E-state index is 0.0317. The van der Waals surface area contributed by atoms with Gasteiger partial charge in [0.15, 0.2) is 0 Å². The molecule has 24 heavy (non-hydrogen) atoms. The van der Waals surface area contributed by atoms with Gasteiger partial charge in [-0.1, -0.05) is 37.3 Å². The Morgan fingerprint density at radius 2 is 1.79 bits per heavy atom. The normalized spacial score (nSPS) is 10.1. The highest BCUT2D eigenvalue weighted by Crippen LogP contribution is 2.20. The van der Waals surface area contributed by atoms with E-state index in [2.05, 4.69) is 16.0 Å². The number of rotatable bonds is 6. The summed E-state index contributed by atoms with van der Waals surface area (Å²) < 4.78 is 13.9. The molecule has 3 N–H and O–H groups in total. The third-order valence-electron chi connectivity index (χ3n) is 3.24. The molecule has 2 rings (SSSR count). The predicted molar refractivity (Wildman–Crippen MR) is 92.5 cm³/mol. The van der Waals surface area contributed by atoms with Crippen molar-refractivity contribution in [2.75, 3.05) is 17.2 Å². The largest absolute Gasteiger partial charge is 0.338 e. The zero-order chi connectivity index (χ0) is 17.4. The smallest absolute Gasteiger partial charge is 0.319 e. The highest BCUT2D eigenvalue weighted by molar-refractivity contribution is 5.94. The number of halogens is 1. The standard InChI is InChI=1S/C18H20FN3O2/c1-2-10-20-18(24)21-14-8-9-15(19)16(12-14)22-17(23)11-13-6-4-3-5-7-13/h3-9,12H,2,10-11H2,1H3,(H,22,23)(H2,20,21,24). The van der Waals surface area contributed by atoms with Gasteiger partial charge in [-0.15, -0.1) is 0 Å². The minimum Gasteiger partial charge on any atom is -0.338 e. The first-order valence-electron chi connectivity index (χ1n) is 7.76. The molecule has 0 spiro atoms. The van der Waals surface area contributed by atoms with Crippen molar-refractivity contribution in [1.29, 1.82) is 0 Å². The summed E-state index contributed by atoms with van der Waals surface area (Å²) in [6, 6.07) is 12.8.